The van der Waals surface area contributed by atoms with Crippen LogP contribution in [0.3, 0.4) is 0 Å². The molecule has 2 aliphatic rings. The molecule has 0 bridgehead atoms. The summed E-state index contributed by atoms with van der Waals surface area (Å²) in [5.41, 5.74) is 1.18. The number of hydrogen-bond acceptors (Lipinski definition) is 6. The number of aromatic nitrogens is 2. The van der Waals surface area contributed by atoms with Crippen LogP contribution in [0.1, 0.15) is 30.1 Å². The first-order valence-corrected chi connectivity index (χ1v) is 12.2. The van der Waals surface area contributed by atoms with Gasteiger partial charge in [0.1, 0.15) is 11.6 Å². The second-order valence-electron chi connectivity index (χ2n) is 9.21. The van der Waals surface area contributed by atoms with Gasteiger partial charge in [0, 0.05) is 57.2 Å². The van der Waals surface area contributed by atoms with Crippen molar-refractivity contribution < 1.29 is 13.9 Å². The fourth-order valence-electron chi connectivity index (χ4n) is 4.65. The van der Waals surface area contributed by atoms with Gasteiger partial charge in [0.2, 0.25) is 0 Å². The predicted molar refractivity (Wildman–Crippen MR) is 134 cm³/mol. The second kappa shape index (κ2) is 10.3. The number of ether oxygens (including phenoxy) is 1. The molecule has 2 aromatic carbocycles. The molecule has 5 rings (SSSR count). The number of benzene rings is 2. The van der Waals surface area contributed by atoms with E-state index in [0.717, 1.165) is 37.7 Å². The van der Waals surface area contributed by atoms with Gasteiger partial charge in [0.05, 0.1) is 5.69 Å². The zero-order chi connectivity index (χ0) is 24.2. The lowest BCUT2D eigenvalue weighted by Gasteiger charge is -2.36. The topological polar surface area (TPSA) is 61.8 Å². The van der Waals surface area contributed by atoms with Gasteiger partial charge in [-0.3, -0.25) is 4.79 Å². The number of amides is 1. The number of carbonyl (C=O) groups excluding carboxylic acids is 1. The normalized spacial score (nSPS) is 16.9. The van der Waals surface area contributed by atoms with Gasteiger partial charge in [-0.15, -0.1) is 0 Å². The highest BCUT2D eigenvalue weighted by Crippen LogP contribution is 2.31. The number of halogens is 1. The highest BCUT2D eigenvalue weighted by atomic mass is 19.1. The summed E-state index contributed by atoms with van der Waals surface area (Å²) in [5.74, 6) is 2.30. The van der Waals surface area contributed by atoms with Gasteiger partial charge in [-0.05, 0) is 55.2 Å². The van der Waals surface area contributed by atoms with Crippen molar-refractivity contribution in [1.82, 2.24) is 14.9 Å². The van der Waals surface area contributed by atoms with Crippen LogP contribution >= 0.6 is 0 Å². The summed E-state index contributed by atoms with van der Waals surface area (Å²) in [6.07, 6.45) is 5.57. The number of nitrogens with zero attached hydrogens (tertiary/aromatic N) is 5. The van der Waals surface area contributed by atoms with Gasteiger partial charge in [-0.25, -0.2) is 14.4 Å². The quantitative estimate of drug-likeness (QED) is 0.537. The van der Waals surface area contributed by atoms with Gasteiger partial charge < -0.3 is 19.4 Å². The first-order chi connectivity index (χ1) is 17.1. The molecule has 182 valence electrons. The van der Waals surface area contributed by atoms with Crippen molar-refractivity contribution in [3.8, 4) is 11.6 Å². The smallest absolute Gasteiger partial charge is 0.263 e. The standard InChI is InChI=1S/C27H30FN5O2/c1-20-10-14-32(15-11-20)25-26(30-13-12-29-25)35-22-8-6-21(7-9-22)27(34)33-18-16-31(17-19-33)24-5-3-2-4-23(24)28/h2-9,12-13,20H,10-11,14-19H2,1H3. The van der Waals surface area contributed by atoms with Crippen molar-refractivity contribution in [2.24, 2.45) is 5.92 Å². The molecular weight excluding hydrogens is 445 g/mol. The van der Waals surface area contributed by atoms with Gasteiger partial charge in [-0.2, -0.15) is 0 Å². The van der Waals surface area contributed by atoms with E-state index in [-0.39, 0.29) is 11.7 Å². The Morgan fingerprint density at radius 2 is 1.57 bits per heavy atom. The zero-order valence-corrected chi connectivity index (χ0v) is 19.9. The van der Waals surface area contributed by atoms with E-state index in [1.165, 1.54) is 6.07 Å². The zero-order valence-electron chi connectivity index (χ0n) is 19.9. The van der Waals surface area contributed by atoms with Crippen LogP contribution in [0.4, 0.5) is 15.9 Å². The summed E-state index contributed by atoms with van der Waals surface area (Å²) >= 11 is 0. The van der Waals surface area contributed by atoms with Crippen LogP contribution in [0.2, 0.25) is 0 Å². The Hall–Kier alpha value is -3.68. The molecule has 35 heavy (non-hydrogen) atoms. The minimum Gasteiger partial charge on any atom is -0.436 e. The molecule has 0 saturated carbocycles. The van der Waals surface area contributed by atoms with E-state index in [4.69, 9.17) is 4.74 Å². The lowest BCUT2D eigenvalue weighted by Crippen LogP contribution is -2.49. The van der Waals surface area contributed by atoms with E-state index in [0.29, 0.717) is 49.1 Å². The third-order valence-corrected chi connectivity index (χ3v) is 6.81. The van der Waals surface area contributed by atoms with Gasteiger partial charge in [0.25, 0.3) is 11.8 Å². The number of carbonyl (C=O) groups is 1. The van der Waals surface area contributed by atoms with Gasteiger partial charge in [-0.1, -0.05) is 19.1 Å². The SMILES string of the molecule is CC1CCN(c2nccnc2Oc2ccc(C(=O)N3CCN(c4ccccc4F)CC3)cc2)CC1. The predicted octanol–water partition coefficient (Wildman–Crippen LogP) is 4.61. The minimum absolute atomic E-state index is 0.0349. The lowest BCUT2D eigenvalue weighted by molar-refractivity contribution is 0.0746. The molecular formula is C27H30FN5O2. The number of piperidine rings is 1. The van der Waals surface area contributed by atoms with E-state index < -0.39 is 0 Å². The minimum atomic E-state index is -0.232. The summed E-state index contributed by atoms with van der Waals surface area (Å²) < 4.78 is 20.2. The molecule has 1 amide bonds. The molecule has 0 radical (unpaired) electrons. The van der Waals surface area contributed by atoms with Crippen molar-refractivity contribution in [3.63, 3.8) is 0 Å². The molecule has 0 N–H and O–H groups in total. The Bertz CT molecular complexity index is 1160. The summed E-state index contributed by atoms with van der Waals surface area (Å²) in [6.45, 7) is 6.43. The van der Waals surface area contributed by atoms with Crippen molar-refractivity contribution in [1.29, 1.82) is 0 Å². The summed E-state index contributed by atoms with van der Waals surface area (Å²) in [6, 6.07) is 13.9. The second-order valence-corrected chi connectivity index (χ2v) is 9.21. The highest BCUT2D eigenvalue weighted by molar-refractivity contribution is 5.94. The number of para-hydroxylation sites is 1. The Balaban J connectivity index is 1.21. The molecule has 0 aliphatic carbocycles. The summed E-state index contributed by atoms with van der Waals surface area (Å²) in [4.78, 5) is 28.0. The van der Waals surface area contributed by atoms with E-state index in [9.17, 15) is 9.18 Å². The molecule has 7 nitrogen and oxygen atoms in total. The molecule has 2 fully saturated rings. The van der Waals surface area contributed by atoms with Crippen LogP contribution in [-0.4, -0.2) is 60.0 Å². The largest absolute Gasteiger partial charge is 0.436 e. The van der Waals surface area contributed by atoms with E-state index in [2.05, 4.69) is 21.8 Å². The molecule has 3 aromatic rings. The first kappa shape index (κ1) is 23.1. The molecule has 8 heteroatoms. The van der Waals surface area contributed by atoms with Crippen LogP contribution in [0.15, 0.2) is 60.9 Å². The average Bonchev–Trinajstić information content (AvgIpc) is 2.90. The maximum Gasteiger partial charge on any atom is 0.263 e. The van der Waals surface area contributed by atoms with E-state index in [1.807, 2.05) is 15.9 Å². The van der Waals surface area contributed by atoms with Crippen molar-refractivity contribution in [3.05, 3.63) is 72.3 Å². The van der Waals surface area contributed by atoms with Gasteiger partial charge in [0.15, 0.2) is 5.82 Å². The fourth-order valence-corrected chi connectivity index (χ4v) is 4.65. The maximum absolute atomic E-state index is 14.1. The number of hydrogen-bond donors (Lipinski definition) is 0. The first-order valence-electron chi connectivity index (χ1n) is 12.2. The van der Waals surface area contributed by atoms with Crippen LogP contribution < -0.4 is 14.5 Å². The van der Waals surface area contributed by atoms with Crippen molar-refractivity contribution in [2.45, 2.75) is 19.8 Å². The third-order valence-electron chi connectivity index (χ3n) is 6.81. The molecule has 0 unspecified atom stereocenters. The van der Waals surface area contributed by atoms with E-state index >= 15 is 0 Å². The molecule has 0 atom stereocenters. The average molecular weight is 476 g/mol. The maximum atomic E-state index is 14.1. The molecule has 3 heterocycles. The number of anilines is 2. The van der Waals surface area contributed by atoms with Crippen LogP contribution in [-0.2, 0) is 0 Å². The fraction of sp³-hybridized carbons (Fsp3) is 0.370. The Labute approximate surface area is 205 Å². The lowest BCUT2D eigenvalue weighted by atomic mass is 9.99. The molecule has 1 aromatic heterocycles. The van der Waals surface area contributed by atoms with Gasteiger partial charge >= 0.3 is 0 Å². The number of piperazine rings is 1. The Kier molecular flexibility index (Phi) is 6.79. The molecule has 0 spiro atoms. The van der Waals surface area contributed by atoms with Crippen LogP contribution in [0.25, 0.3) is 0 Å². The van der Waals surface area contributed by atoms with Crippen LogP contribution in [0, 0.1) is 11.7 Å². The van der Waals surface area contributed by atoms with E-state index in [1.54, 1.807) is 48.8 Å². The summed E-state index contributed by atoms with van der Waals surface area (Å²) in [7, 11) is 0. The Morgan fingerprint density at radius 1 is 0.886 bits per heavy atom. The monoisotopic (exact) mass is 475 g/mol. The summed E-state index contributed by atoms with van der Waals surface area (Å²) in [5, 5.41) is 0. The molecule has 2 aliphatic heterocycles. The highest BCUT2D eigenvalue weighted by Gasteiger charge is 2.24. The van der Waals surface area contributed by atoms with Crippen molar-refractivity contribution in [2.75, 3.05) is 49.1 Å². The van der Waals surface area contributed by atoms with Crippen LogP contribution in [0.5, 0.6) is 11.6 Å². The van der Waals surface area contributed by atoms with Crippen molar-refractivity contribution >= 4 is 17.4 Å². The molecule has 2 saturated heterocycles. The third kappa shape index (κ3) is 5.21. The Morgan fingerprint density at radius 3 is 2.29 bits per heavy atom. The number of rotatable bonds is 5.